The molecular weight excluding hydrogens is 653 g/mol. The van der Waals surface area contributed by atoms with Gasteiger partial charge in [0.2, 0.25) is 0 Å². The highest BCUT2D eigenvalue weighted by Gasteiger charge is 2.50. The van der Waals surface area contributed by atoms with E-state index in [9.17, 15) is 5.26 Å². The first-order valence-corrected chi connectivity index (χ1v) is 18.1. The lowest BCUT2D eigenvalue weighted by molar-refractivity contribution is 0.722. The summed E-state index contributed by atoms with van der Waals surface area (Å²) in [6.45, 7) is 0. The predicted molar refractivity (Wildman–Crippen MR) is 208 cm³/mol. The van der Waals surface area contributed by atoms with Crippen LogP contribution in [0.4, 0.5) is 0 Å². The second-order valence-electron chi connectivity index (χ2n) is 13.1. The zero-order chi connectivity index (χ0) is 34.6. The third-order valence-electron chi connectivity index (χ3n) is 10.3. The van der Waals surface area contributed by atoms with E-state index in [1.165, 1.54) is 38.3 Å². The van der Waals surface area contributed by atoms with Gasteiger partial charge in [-0.1, -0.05) is 163 Å². The normalized spacial score (nSPS) is 13.1. The lowest BCUT2D eigenvalue weighted by atomic mass is 9.67. The molecular formula is C47H28N4S. The van der Waals surface area contributed by atoms with Crippen LogP contribution in [-0.4, -0.2) is 15.0 Å². The molecule has 1 aromatic heterocycles. The minimum Gasteiger partial charge on any atom is -0.208 e. The van der Waals surface area contributed by atoms with E-state index in [0.29, 0.717) is 23.0 Å². The summed E-state index contributed by atoms with van der Waals surface area (Å²) in [6.07, 6.45) is 0. The second-order valence-corrected chi connectivity index (χ2v) is 14.1. The van der Waals surface area contributed by atoms with Gasteiger partial charge < -0.3 is 0 Å². The van der Waals surface area contributed by atoms with Crippen molar-refractivity contribution in [2.45, 2.75) is 15.2 Å². The molecule has 0 saturated carbocycles. The number of aromatic nitrogens is 3. The van der Waals surface area contributed by atoms with Crippen LogP contribution >= 0.6 is 11.8 Å². The van der Waals surface area contributed by atoms with E-state index in [1.54, 1.807) is 11.8 Å². The van der Waals surface area contributed by atoms with Crippen LogP contribution in [0.3, 0.4) is 0 Å². The molecule has 0 N–H and O–H groups in total. The first-order valence-electron chi connectivity index (χ1n) is 17.3. The number of hydrogen-bond donors (Lipinski definition) is 0. The SMILES string of the molecule is N#Cc1cc2c(cc1-c1ccc(-c3nc(-c4ccccc4)nc(-c4ccccc4)n3)cc1)C1(c3ccccc3S2)c2ccccc2-c2ccccc21. The fourth-order valence-corrected chi connectivity index (χ4v) is 9.18. The van der Waals surface area contributed by atoms with Crippen LogP contribution in [0.25, 0.3) is 56.4 Å². The Kier molecular flexibility index (Phi) is 6.99. The number of hydrogen-bond acceptors (Lipinski definition) is 5. The summed E-state index contributed by atoms with van der Waals surface area (Å²) >= 11 is 1.75. The molecule has 0 saturated heterocycles. The zero-order valence-electron chi connectivity index (χ0n) is 27.9. The summed E-state index contributed by atoms with van der Waals surface area (Å²) in [5.74, 6) is 1.83. The summed E-state index contributed by atoms with van der Waals surface area (Å²) in [5.41, 5.74) is 12.2. The molecule has 2 heterocycles. The maximum Gasteiger partial charge on any atom is 0.164 e. The molecule has 8 aromatic rings. The van der Waals surface area contributed by atoms with Crippen LogP contribution in [0.15, 0.2) is 180 Å². The maximum absolute atomic E-state index is 10.6. The van der Waals surface area contributed by atoms with E-state index in [4.69, 9.17) is 15.0 Å². The summed E-state index contributed by atoms with van der Waals surface area (Å²) in [5, 5.41) is 10.6. The van der Waals surface area contributed by atoms with Gasteiger partial charge in [-0.3, -0.25) is 0 Å². The van der Waals surface area contributed by atoms with E-state index in [1.807, 2.05) is 60.7 Å². The van der Waals surface area contributed by atoms with E-state index in [2.05, 4.69) is 115 Å². The third kappa shape index (κ3) is 4.59. The molecule has 2 aliphatic rings. The molecule has 0 fully saturated rings. The van der Waals surface area contributed by atoms with Gasteiger partial charge in [0.15, 0.2) is 17.5 Å². The average molecular weight is 681 g/mol. The van der Waals surface area contributed by atoms with Crippen molar-refractivity contribution in [3.8, 4) is 62.5 Å². The minimum atomic E-state index is -0.514. The monoisotopic (exact) mass is 680 g/mol. The molecule has 1 aliphatic heterocycles. The van der Waals surface area contributed by atoms with Gasteiger partial charge in [-0.25, -0.2) is 15.0 Å². The Labute approximate surface area is 306 Å². The van der Waals surface area contributed by atoms with Gasteiger partial charge in [0.1, 0.15) is 0 Å². The second kappa shape index (κ2) is 12.0. The van der Waals surface area contributed by atoms with E-state index in [0.717, 1.165) is 32.7 Å². The van der Waals surface area contributed by atoms with Gasteiger partial charge in [-0.2, -0.15) is 5.26 Å². The van der Waals surface area contributed by atoms with Crippen molar-refractivity contribution < 1.29 is 0 Å². The minimum absolute atomic E-state index is 0.514. The van der Waals surface area contributed by atoms with Crippen molar-refractivity contribution in [3.05, 3.63) is 198 Å². The van der Waals surface area contributed by atoms with Crippen LogP contribution in [0, 0.1) is 11.3 Å². The lowest BCUT2D eigenvalue weighted by Gasteiger charge is -2.40. The van der Waals surface area contributed by atoms with Gasteiger partial charge in [0.05, 0.1) is 17.0 Å². The summed E-state index contributed by atoms with van der Waals surface area (Å²) < 4.78 is 0. The largest absolute Gasteiger partial charge is 0.208 e. The lowest BCUT2D eigenvalue weighted by Crippen LogP contribution is -2.32. The summed E-state index contributed by atoms with van der Waals surface area (Å²) in [4.78, 5) is 17.0. The Morgan fingerprint density at radius 3 is 1.42 bits per heavy atom. The standard InChI is InChI=1S/C47H28N4S/c48-29-34-27-43-41(47(40-21-11-12-22-42(40)52-43)38-19-9-7-17-35(38)36-18-8-10-20-39(36)47)28-37(34)30-23-25-33(26-24-30)46-50-44(31-13-3-1-4-14-31)49-45(51-46)32-15-5-2-6-16-32/h1-28H. The summed E-state index contributed by atoms with van der Waals surface area (Å²) in [6, 6.07) is 61.5. The molecule has 7 aromatic carbocycles. The van der Waals surface area contributed by atoms with E-state index < -0.39 is 5.41 Å². The Balaban J connectivity index is 1.14. The Morgan fingerprint density at radius 1 is 0.404 bits per heavy atom. The van der Waals surface area contributed by atoms with Crippen molar-refractivity contribution in [1.29, 1.82) is 5.26 Å². The van der Waals surface area contributed by atoms with Crippen LogP contribution in [-0.2, 0) is 5.41 Å². The molecule has 10 rings (SSSR count). The van der Waals surface area contributed by atoms with Crippen LogP contribution < -0.4 is 0 Å². The number of nitriles is 1. The molecule has 4 nitrogen and oxygen atoms in total. The number of fused-ring (bicyclic) bond motifs is 9. The smallest absolute Gasteiger partial charge is 0.164 e. The molecule has 5 heteroatoms. The van der Waals surface area contributed by atoms with Gasteiger partial charge in [0, 0.05) is 26.5 Å². The predicted octanol–water partition coefficient (Wildman–Crippen LogP) is 11.2. The Morgan fingerprint density at radius 2 is 0.865 bits per heavy atom. The van der Waals surface area contributed by atoms with Crippen LogP contribution in [0.1, 0.15) is 27.8 Å². The number of benzene rings is 7. The van der Waals surface area contributed by atoms with Crippen LogP contribution in [0.2, 0.25) is 0 Å². The highest BCUT2D eigenvalue weighted by atomic mass is 32.2. The molecule has 0 amide bonds. The number of nitrogens with zero attached hydrogens (tertiary/aromatic N) is 4. The summed E-state index contributed by atoms with van der Waals surface area (Å²) in [7, 11) is 0. The third-order valence-corrected chi connectivity index (χ3v) is 11.4. The van der Waals surface area contributed by atoms with E-state index >= 15 is 0 Å². The molecule has 0 bridgehead atoms. The quantitative estimate of drug-likeness (QED) is 0.185. The zero-order valence-corrected chi connectivity index (χ0v) is 28.7. The molecule has 0 atom stereocenters. The van der Waals surface area contributed by atoms with Gasteiger partial charge in [-0.15, -0.1) is 0 Å². The molecule has 1 aliphatic carbocycles. The molecule has 242 valence electrons. The highest BCUT2D eigenvalue weighted by Crippen LogP contribution is 2.62. The Hall–Kier alpha value is -6.61. The Bertz CT molecular complexity index is 2610. The first kappa shape index (κ1) is 30.2. The van der Waals surface area contributed by atoms with Gasteiger partial charge >= 0.3 is 0 Å². The maximum atomic E-state index is 10.6. The van der Waals surface area contributed by atoms with Gasteiger partial charge in [0.25, 0.3) is 0 Å². The van der Waals surface area contributed by atoms with E-state index in [-0.39, 0.29) is 0 Å². The topological polar surface area (TPSA) is 62.5 Å². The highest BCUT2D eigenvalue weighted by molar-refractivity contribution is 7.99. The van der Waals surface area contributed by atoms with Crippen molar-refractivity contribution in [1.82, 2.24) is 15.0 Å². The van der Waals surface area contributed by atoms with Crippen molar-refractivity contribution in [2.75, 3.05) is 0 Å². The van der Waals surface area contributed by atoms with Crippen molar-refractivity contribution in [2.24, 2.45) is 0 Å². The molecule has 0 radical (unpaired) electrons. The average Bonchev–Trinajstić information content (AvgIpc) is 3.51. The fraction of sp³-hybridized carbons (Fsp3) is 0.0213. The van der Waals surface area contributed by atoms with Crippen LogP contribution in [0.5, 0.6) is 0 Å². The first-order chi connectivity index (χ1) is 25.7. The fourth-order valence-electron chi connectivity index (χ4n) is 7.97. The van der Waals surface area contributed by atoms with Crippen molar-refractivity contribution in [3.63, 3.8) is 0 Å². The molecule has 0 unspecified atom stereocenters. The van der Waals surface area contributed by atoms with Gasteiger partial charge in [-0.05, 0) is 62.7 Å². The molecule has 1 spiro atoms. The number of rotatable bonds is 4. The molecule has 52 heavy (non-hydrogen) atoms. The van der Waals surface area contributed by atoms with Crippen molar-refractivity contribution >= 4 is 11.8 Å².